The molecule has 1 aliphatic rings. The number of fused-ring (bicyclic) bond motifs is 1. The van der Waals surface area contributed by atoms with Crippen LogP contribution in [0.25, 0.3) is 0 Å². The lowest BCUT2D eigenvalue weighted by atomic mass is 9.85. The van der Waals surface area contributed by atoms with E-state index in [9.17, 15) is 10.1 Å². The third-order valence-electron chi connectivity index (χ3n) is 4.27. The first-order chi connectivity index (χ1) is 11.0. The number of para-hydroxylation sites is 1. The largest absolute Gasteiger partial charge is 0.304 e. The predicted molar refractivity (Wildman–Crippen MR) is 92.0 cm³/mol. The molecule has 0 saturated heterocycles. The van der Waals surface area contributed by atoms with E-state index in [1.807, 2.05) is 43.4 Å². The molecule has 2 aromatic rings. The summed E-state index contributed by atoms with van der Waals surface area (Å²) in [5.41, 5.74) is 3.38. The van der Waals surface area contributed by atoms with Crippen LogP contribution in [-0.2, 0) is 0 Å². The van der Waals surface area contributed by atoms with Gasteiger partial charge in [-0.25, -0.2) is 5.01 Å². The summed E-state index contributed by atoms with van der Waals surface area (Å²) in [7, 11) is 4.00. The molecule has 1 heterocycles. The van der Waals surface area contributed by atoms with Crippen molar-refractivity contribution < 1.29 is 4.92 Å². The molecule has 0 fully saturated rings. The smallest absolute Gasteiger partial charge is 0.269 e. The van der Waals surface area contributed by atoms with Gasteiger partial charge in [-0.2, -0.15) is 0 Å². The Morgan fingerprint density at radius 1 is 1.22 bits per heavy atom. The second-order valence-corrected chi connectivity index (χ2v) is 6.25. The molecule has 120 valence electrons. The minimum absolute atomic E-state index is 0.116. The number of benzene rings is 2. The molecule has 0 N–H and O–H groups in total. The zero-order chi connectivity index (χ0) is 16.6. The number of hydrogen-bond acceptors (Lipinski definition) is 4. The molecule has 6 heteroatoms. The Hall–Kier alpha value is -2.11. The normalized spacial score (nSPS) is 17.2. The minimum atomic E-state index is -0.372. The number of nitro benzene ring substituents is 1. The number of rotatable bonds is 3. The zero-order valence-electron chi connectivity index (χ0n) is 13.1. The van der Waals surface area contributed by atoms with E-state index in [-0.39, 0.29) is 16.5 Å². The maximum absolute atomic E-state index is 10.8. The van der Waals surface area contributed by atoms with Crippen LogP contribution in [0.4, 0.5) is 11.4 Å². The van der Waals surface area contributed by atoms with Crippen LogP contribution in [-0.4, -0.2) is 30.6 Å². The van der Waals surface area contributed by atoms with E-state index in [1.165, 1.54) is 0 Å². The summed E-state index contributed by atoms with van der Waals surface area (Å²) in [4.78, 5) is 10.5. The van der Waals surface area contributed by atoms with Crippen molar-refractivity contribution in [2.75, 3.05) is 25.6 Å². The van der Waals surface area contributed by atoms with Crippen LogP contribution in [0.15, 0.2) is 42.5 Å². The maximum atomic E-state index is 10.8. The standard InChI is InChI=1S/C17H18ClN3O2/c1-19(2)20-11-10-14(15-4-3-5-16(18)17(15)20)12-6-8-13(9-7-12)21(22)23/h3-9,14H,10-11H2,1-2H3. The molecule has 0 amide bonds. The molecule has 0 spiro atoms. The summed E-state index contributed by atoms with van der Waals surface area (Å²) in [6.45, 7) is 0.853. The Kier molecular flexibility index (Phi) is 4.24. The quantitative estimate of drug-likeness (QED) is 0.628. The molecule has 1 atom stereocenters. The highest BCUT2D eigenvalue weighted by atomic mass is 35.5. The molecule has 2 aromatic carbocycles. The van der Waals surface area contributed by atoms with E-state index in [2.05, 4.69) is 11.1 Å². The number of hydrogen-bond donors (Lipinski definition) is 0. The maximum Gasteiger partial charge on any atom is 0.269 e. The molecule has 0 saturated carbocycles. The average Bonchev–Trinajstić information content (AvgIpc) is 2.54. The predicted octanol–water partition coefficient (Wildman–Crippen LogP) is 4.07. The van der Waals surface area contributed by atoms with Crippen LogP contribution < -0.4 is 5.01 Å². The van der Waals surface area contributed by atoms with Gasteiger partial charge in [-0.1, -0.05) is 35.9 Å². The van der Waals surface area contributed by atoms with Gasteiger partial charge in [0.2, 0.25) is 0 Å². The van der Waals surface area contributed by atoms with Crippen molar-refractivity contribution in [2.24, 2.45) is 0 Å². The highest BCUT2D eigenvalue weighted by molar-refractivity contribution is 6.33. The molecule has 5 nitrogen and oxygen atoms in total. The highest BCUT2D eigenvalue weighted by Crippen LogP contribution is 2.43. The van der Waals surface area contributed by atoms with Crippen LogP contribution >= 0.6 is 11.6 Å². The summed E-state index contributed by atoms with van der Waals surface area (Å²) in [6, 6.07) is 12.8. The van der Waals surface area contributed by atoms with Crippen molar-refractivity contribution in [3.05, 3.63) is 68.7 Å². The lowest BCUT2D eigenvalue weighted by Gasteiger charge is -2.40. The molecule has 3 rings (SSSR count). The Bertz CT molecular complexity index is 731. The molecule has 0 radical (unpaired) electrons. The number of nitrogens with zero attached hydrogens (tertiary/aromatic N) is 3. The van der Waals surface area contributed by atoms with Crippen LogP contribution in [0.3, 0.4) is 0 Å². The van der Waals surface area contributed by atoms with E-state index < -0.39 is 0 Å². The fraction of sp³-hybridized carbons (Fsp3) is 0.294. The van der Waals surface area contributed by atoms with Gasteiger partial charge in [0.05, 0.1) is 15.6 Å². The minimum Gasteiger partial charge on any atom is -0.304 e. The topological polar surface area (TPSA) is 49.6 Å². The molecule has 1 aliphatic heterocycles. The van der Waals surface area contributed by atoms with Gasteiger partial charge in [0.25, 0.3) is 5.69 Å². The second kappa shape index (κ2) is 6.18. The van der Waals surface area contributed by atoms with Crippen molar-refractivity contribution in [1.29, 1.82) is 0 Å². The van der Waals surface area contributed by atoms with Crippen LogP contribution in [0.1, 0.15) is 23.5 Å². The SMILES string of the molecule is CN(C)N1CCC(c2ccc([N+](=O)[O-])cc2)c2cccc(Cl)c21. The Balaban J connectivity index is 2.03. The molecular formula is C17H18ClN3O2. The van der Waals surface area contributed by atoms with Crippen LogP contribution in [0, 0.1) is 10.1 Å². The van der Waals surface area contributed by atoms with Crippen LogP contribution in [0.5, 0.6) is 0 Å². The second-order valence-electron chi connectivity index (χ2n) is 5.84. The Morgan fingerprint density at radius 3 is 2.52 bits per heavy atom. The lowest BCUT2D eigenvalue weighted by Crippen LogP contribution is -2.41. The van der Waals surface area contributed by atoms with E-state index in [4.69, 9.17) is 11.6 Å². The van der Waals surface area contributed by atoms with Crippen molar-refractivity contribution in [1.82, 2.24) is 5.01 Å². The van der Waals surface area contributed by atoms with Gasteiger partial charge in [-0.3, -0.25) is 10.1 Å². The van der Waals surface area contributed by atoms with Crippen molar-refractivity contribution in [2.45, 2.75) is 12.3 Å². The fourth-order valence-electron chi connectivity index (χ4n) is 3.18. The zero-order valence-corrected chi connectivity index (χ0v) is 13.8. The molecule has 0 aromatic heterocycles. The number of nitro groups is 1. The number of non-ortho nitro benzene ring substituents is 1. The van der Waals surface area contributed by atoms with Gasteiger partial charge >= 0.3 is 0 Å². The lowest BCUT2D eigenvalue weighted by molar-refractivity contribution is -0.384. The van der Waals surface area contributed by atoms with E-state index in [0.717, 1.165) is 34.8 Å². The van der Waals surface area contributed by atoms with E-state index in [0.29, 0.717) is 0 Å². The van der Waals surface area contributed by atoms with Crippen molar-refractivity contribution in [3.63, 3.8) is 0 Å². The first-order valence-corrected chi connectivity index (χ1v) is 7.84. The van der Waals surface area contributed by atoms with Gasteiger partial charge in [0.15, 0.2) is 0 Å². The van der Waals surface area contributed by atoms with E-state index in [1.54, 1.807) is 12.1 Å². The molecule has 0 aliphatic carbocycles. The molecule has 0 bridgehead atoms. The monoisotopic (exact) mass is 331 g/mol. The first-order valence-electron chi connectivity index (χ1n) is 7.46. The molecule has 1 unspecified atom stereocenters. The summed E-state index contributed by atoms with van der Waals surface area (Å²) in [5, 5.41) is 15.8. The van der Waals surface area contributed by atoms with Gasteiger partial charge in [-0.05, 0) is 23.6 Å². The summed E-state index contributed by atoms with van der Waals surface area (Å²) in [5.74, 6) is 0.195. The number of halogens is 1. The summed E-state index contributed by atoms with van der Waals surface area (Å²) >= 11 is 6.44. The average molecular weight is 332 g/mol. The van der Waals surface area contributed by atoms with Crippen LogP contribution in [0.2, 0.25) is 5.02 Å². The summed E-state index contributed by atoms with van der Waals surface area (Å²) < 4.78 is 0. The Morgan fingerprint density at radius 2 is 1.91 bits per heavy atom. The number of anilines is 1. The van der Waals surface area contributed by atoms with Gasteiger partial charge in [0, 0.05) is 38.7 Å². The third-order valence-corrected chi connectivity index (χ3v) is 4.58. The van der Waals surface area contributed by atoms with Gasteiger partial charge in [-0.15, -0.1) is 0 Å². The molecule has 23 heavy (non-hydrogen) atoms. The highest BCUT2D eigenvalue weighted by Gasteiger charge is 2.29. The fourth-order valence-corrected chi connectivity index (χ4v) is 3.46. The Labute approximate surface area is 140 Å². The molecular weight excluding hydrogens is 314 g/mol. The van der Waals surface area contributed by atoms with E-state index >= 15 is 0 Å². The van der Waals surface area contributed by atoms with Crippen molar-refractivity contribution in [3.8, 4) is 0 Å². The van der Waals surface area contributed by atoms with Gasteiger partial charge in [0.1, 0.15) is 0 Å². The first kappa shape index (κ1) is 15.8. The number of hydrazine groups is 1. The van der Waals surface area contributed by atoms with Crippen molar-refractivity contribution >= 4 is 23.0 Å². The van der Waals surface area contributed by atoms with Gasteiger partial charge < -0.3 is 5.01 Å². The third kappa shape index (κ3) is 2.90. The summed E-state index contributed by atoms with van der Waals surface area (Å²) in [6.07, 6.45) is 0.934.